The van der Waals surface area contributed by atoms with Crippen molar-refractivity contribution in [1.29, 1.82) is 0 Å². The summed E-state index contributed by atoms with van der Waals surface area (Å²) >= 11 is 0. The summed E-state index contributed by atoms with van der Waals surface area (Å²) in [6.07, 6.45) is -4.47. The summed E-state index contributed by atoms with van der Waals surface area (Å²) in [5.41, 5.74) is 5.39. The third-order valence-corrected chi connectivity index (χ3v) is 2.65. The lowest BCUT2D eigenvalue weighted by molar-refractivity contribution is -0.144. The number of amides is 1. The molecule has 0 aromatic carbocycles. The Kier molecular flexibility index (Phi) is 3.71. The molecule has 1 aliphatic heterocycles. The first-order valence-corrected chi connectivity index (χ1v) is 5.56. The number of carbonyl (C=O) groups is 1. The van der Waals surface area contributed by atoms with Gasteiger partial charge in [-0.15, -0.1) is 5.10 Å². The Hall–Kier alpha value is -1.68. The maximum Gasteiger partial charge on any atom is 0.451 e. The van der Waals surface area contributed by atoms with Gasteiger partial charge in [-0.25, -0.2) is 0 Å². The van der Waals surface area contributed by atoms with E-state index in [2.05, 4.69) is 15.4 Å². The topological polar surface area (TPSA) is 106 Å². The molecule has 2 heterocycles. The molecule has 0 spiro atoms. The average molecular weight is 279 g/mol. The summed E-state index contributed by atoms with van der Waals surface area (Å²) in [6, 6.07) is 0. The van der Waals surface area contributed by atoms with E-state index in [1.165, 1.54) is 0 Å². The zero-order valence-corrected chi connectivity index (χ0v) is 9.70. The smallest absolute Gasteiger partial charge is 0.364 e. The van der Waals surface area contributed by atoms with Gasteiger partial charge in [-0.05, 0) is 12.8 Å². The molecule has 0 saturated carbocycles. The van der Waals surface area contributed by atoms with Crippen LogP contribution in [0.15, 0.2) is 0 Å². The van der Waals surface area contributed by atoms with Crippen molar-refractivity contribution in [3.05, 3.63) is 5.82 Å². The lowest BCUT2D eigenvalue weighted by Crippen LogP contribution is -2.30. The maximum atomic E-state index is 12.3. The van der Waals surface area contributed by atoms with Gasteiger partial charge in [0, 0.05) is 6.54 Å². The lowest BCUT2D eigenvalue weighted by Gasteiger charge is -2.10. The number of ether oxygens (including phenoxy) is 1. The molecule has 1 fully saturated rings. The molecule has 1 aromatic rings. The van der Waals surface area contributed by atoms with E-state index >= 15 is 0 Å². The van der Waals surface area contributed by atoms with Crippen LogP contribution < -0.4 is 11.1 Å². The molecule has 0 bridgehead atoms. The van der Waals surface area contributed by atoms with Crippen LogP contribution in [-0.4, -0.2) is 39.8 Å². The van der Waals surface area contributed by atoms with Gasteiger partial charge in [0.15, 0.2) is 0 Å². The first-order chi connectivity index (χ1) is 8.90. The normalized spacial score (nSPS) is 23.6. The minimum absolute atomic E-state index is 0.200. The van der Waals surface area contributed by atoms with E-state index in [1.54, 1.807) is 5.10 Å². The van der Waals surface area contributed by atoms with Crippen molar-refractivity contribution in [3.8, 4) is 0 Å². The predicted octanol–water partition coefficient (Wildman–Crippen LogP) is 0.268. The lowest BCUT2D eigenvalue weighted by atomic mass is 10.2. The molecule has 1 aromatic heterocycles. The van der Waals surface area contributed by atoms with Crippen LogP contribution in [0.3, 0.4) is 0 Å². The SMILES string of the molecule is NC[C@H]1CC[C@@H](C(=O)Nc2n[nH]c(C(F)(F)F)n2)O1. The third-order valence-electron chi connectivity index (χ3n) is 2.65. The van der Waals surface area contributed by atoms with Crippen molar-refractivity contribution in [3.63, 3.8) is 0 Å². The number of halogens is 3. The number of H-pyrrole nitrogens is 1. The molecular weight excluding hydrogens is 267 g/mol. The molecule has 106 valence electrons. The number of rotatable bonds is 3. The number of nitrogens with two attached hydrogens (primary N) is 1. The van der Waals surface area contributed by atoms with Crippen molar-refractivity contribution in [1.82, 2.24) is 15.2 Å². The number of nitrogens with one attached hydrogen (secondary N) is 2. The third kappa shape index (κ3) is 3.20. The molecule has 10 heteroatoms. The molecule has 1 amide bonds. The molecule has 0 radical (unpaired) electrons. The highest BCUT2D eigenvalue weighted by atomic mass is 19.4. The van der Waals surface area contributed by atoms with Crippen molar-refractivity contribution >= 4 is 11.9 Å². The molecule has 0 aliphatic carbocycles. The molecule has 4 N–H and O–H groups in total. The zero-order chi connectivity index (χ0) is 14.0. The second-order valence-corrected chi connectivity index (χ2v) is 4.05. The number of alkyl halides is 3. The molecular formula is C9H12F3N5O2. The highest BCUT2D eigenvalue weighted by molar-refractivity contribution is 5.92. The van der Waals surface area contributed by atoms with Crippen LogP contribution >= 0.6 is 0 Å². The highest BCUT2D eigenvalue weighted by Crippen LogP contribution is 2.26. The number of anilines is 1. The molecule has 19 heavy (non-hydrogen) atoms. The summed E-state index contributed by atoms with van der Waals surface area (Å²) in [4.78, 5) is 14.8. The van der Waals surface area contributed by atoms with Crippen LogP contribution in [0.1, 0.15) is 18.7 Å². The zero-order valence-electron chi connectivity index (χ0n) is 9.70. The van der Waals surface area contributed by atoms with Crippen LogP contribution in [-0.2, 0) is 15.7 Å². The Morgan fingerprint density at radius 1 is 1.53 bits per heavy atom. The Labute approximate surface area is 105 Å². The molecule has 2 rings (SSSR count). The molecule has 7 nitrogen and oxygen atoms in total. The van der Waals surface area contributed by atoms with Gasteiger partial charge in [0.05, 0.1) is 6.10 Å². The minimum atomic E-state index is -4.63. The summed E-state index contributed by atoms with van der Waals surface area (Å²) in [6.45, 7) is 0.294. The standard InChI is InChI=1S/C9H12F3N5O2/c10-9(11,12)7-15-8(17-16-7)14-6(18)5-2-1-4(3-13)19-5/h4-5H,1-3,13H2,(H2,14,15,16,17,18)/t4-,5+/m1/s1. The fourth-order valence-electron chi connectivity index (χ4n) is 1.71. The van der Waals surface area contributed by atoms with Gasteiger partial charge in [-0.2, -0.15) is 18.2 Å². The van der Waals surface area contributed by atoms with E-state index in [0.717, 1.165) is 0 Å². The number of hydrogen-bond acceptors (Lipinski definition) is 5. The van der Waals surface area contributed by atoms with E-state index in [1.807, 2.05) is 0 Å². The predicted molar refractivity (Wildman–Crippen MR) is 57.0 cm³/mol. The van der Waals surface area contributed by atoms with Gasteiger partial charge in [0.2, 0.25) is 11.8 Å². The monoisotopic (exact) mass is 279 g/mol. The van der Waals surface area contributed by atoms with Gasteiger partial charge in [-0.1, -0.05) is 0 Å². The van der Waals surface area contributed by atoms with Crippen LogP contribution in [0.25, 0.3) is 0 Å². The van der Waals surface area contributed by atoms with Crippen molar-refractivity contribution in [2.75, 3.05) is 11.9 Å². The van der Waals surface area contributed by atoms with E-state index in [0.29, 0.717) is 19.4 Å². The fraction of sp³-hybridized carbons (Fsp3) is 0.667. The van der Waals surface area contributed by atoms with Crippen molar-refractivity contribution in [2.45, 2.75) is 31.2 Å². The van der Waals surface area contributed by atoms with Crippen molar-refractivity contribution in [2.24, 2.45) is 5.73 Å². The van der Waals surface area contributed by atoms with E-state index < -0.39 is 30.0 Å². The number of nitrogens with zero attached hydrogens (tertiary/aromatic N) is 2. The molecule has 1 aliphatic rings. The Bertz CT molecular complexity index is 461. The van der Waals surface area contributed by atoms with Crippen LogP contribution in [0.5, 0.6) is 0 Å². The summed E-state index contributed by atoms with van der Waals surface area (Å²) in [7, 11) is 0. The molecule has 2 atom stereocenters. The average Bonchev–Trinajstić information content (AvgIpc) is 2.95. The highest BCUT2D eigenvalue weighted by Gasteiger charge is 2.36. The Morgan fingerprint density at radius 3 is 2.79 bits per heavy atom. The van der Waals surface area contributed by atoms with Crippen LogP contribution in [0.4, 0.5) is 19.1 Å². The van der Waals surface area contributed by atoms with Gasteiger partial charge in [0.25, 0.3) is 5.91 Å². The Balaban J connectivity index is 1.94. The van der Waals surface area contributed by atoms with E-state index in [9.17, 15) is 18.0 Å². The summed E-state index contributed by atoms with van der Waals surface area (Å²) in [5.74, 6) is -2.28. The first-order valence-electron chi connectivity index (χ1n) is 5.56. The number of hydrogen-bond donors (Lipinski definition) is 3. The van der Waals surface area contributed by atoms with E-state index in [4.69, 9.17) is 10.5 Å². The van der Waals surface area contributed by atoms with Gasteiger partial charge in [-0.3, -0.25) is 15.2 Å². The first kappa shape index (κ1) is 13.7. The van der Waals surface area contributed by atoms with Crippen molar-refractivity contribution < 1.29 is 22.7 Å². The minimum Gasteiger partial charge on any atom is -0.364 e. The van der Waals surface area contributed by atoms with Crippen LogP contribution in [0, 0.1) is 0 Å². The fourth-order valence-corrected chi connectivity index (χ4v) is 1.71. The second kappa shape index (κ2) is 5.13. The number of aromatic nitrogens is 3. The molecule has 0 unspecified atom stereocenters. The number of aromatic amines is 1. The van der Waals surface area contributed by atoms with Gasteiger partial charge in [0.1, 0.15) is 6.10 Å². The van der Waals surface area contributed by atoms with Crippen LogP contribution in [0.2, 0.25) is 0 Å². The summed E-state index contributed by atoms with van der Waals surface area (Å²) < 4.78 is 42.0. The summed E-state index contributed by atoms with van der Waals surface area (Å²) in [5, 5.41) is 7.13. The van der Waals surface area contributed by atoms with Gasteiger partial charge >= 0.3 is 6.18 Å². The largest absolute Gasteiger partial charge is 0.451 e. The Morgan fingerprint density at radius 2 is 2.26 bits per heavy atom. The second-order valence-electron chi connectivity index (χ2n) is 4.05. The number of carbonyl (C=O) groups excluding carboxylic acids is 1. The van der Waals surface area contributed by atoms with E-state index in [-0.39, 0.29) is 6.10 Å². The molecule has 1 saturated heterocycles. The maximum absolute atomic E-state index is 12.3. The quantitative estimate of drug-likeness (QED) is 0.736. The van der Waals surface area contributed by atoms with Gasteiger partial charge < -0.3 is 10.5 Å².